The van der Waals surface area contributed by atoms with Crippen molar-refractivity contribution in [3.8, 4) is 0 Å². The third kappa shape index (κ3) is 3.73. The van der Waals surface area contributed by atoms with E-state index in [1.165, 1.54) is 18.6 Å². The molecule has 6 nitrogen and oxygen atoms in total. The Morgan fingerprint density at radius 2 is 1.92 bits per heavy atom. The van der Waals surface area contributed by atoms with Gasteiger partial charge in [-0.3, -0.25) is 14.6 Å². The number of amides is 2. The Labute approximate surface area is 145 Å². The SMILES string of the molecule is O=C(NC1CCN(C(=O)c2ccccc2S)CC1)c1cnccn1. The quantitative estimate of drug-likeness (QED) is 0.834. The topological polar surface area (TPSA) is 75.2 Å². The number of carbonyl (C=O) groups excluding carboxylic acids is 2. The van der Waals surface area contributed by atoms with Crippen LogP contribution in [0.2, 0.25) is 0 Å². The number of nitrogens with zero attached hydrogens (tertiary/aromatic N) is 3. The molecule has 1 aliphatic rings. The monoisotopic (exact) mass is 342 g/mol. The maximum Gasteiger partial charge on any atom is 0.271 e. The highest BCUT2D eigenvalue weighted by Gasteiger charge is 2.25. The van der Waals surface area contributed by atoms with Gasteiger partial charge in [0.15, 0.2) is 0 Å². The average Bonchev–Trinajstić information content (AvgIpc) is 2.63. The van der Waals surface area contributed by atoms with Crippen molar-refractivity contribution >= 4 is 24.4 Å². The van der Waals surface area contributed by atoms with Crippen LogP contribution >= 0.6 is 12.6 Å². The first-order valence-electron chi connectivity index (χ1n) is 7.79. The van der Waals surface area contributed by atoms with Crippen LogP contribution < -0.4 is 5.32 Å². The fourth-order valence-corrected chi connectivity index (χ4v) is 2.98. The number of benzene rings is 1. The van der Waals surface area contributed by atoms with Gasteiger partial charge in [-0.1, -0.05) is 12.1 Å². The number of hydrogen-bond acceptors (Lipinski definition) is 5. The second-order valence-electron chi connectivity index (χ2n) is 5.65. The molecule has 1 aromatic heterocycles. The summed E-state index contributed by atoms with van der Waals surface area (Å²) >= 11 is 4.34. The van der Waals surface area contributed by atoms with Gasteiger partial charge >= 0.3 is 0 Å². The molecule has 1 fully saturated rings. The summed E-state index contributed by atoms with van der Waals surface area (Å²) in [5.74, 6) is -0.243. The zero-order chi connectivity index (χ0) is 16.9. The lowest BCUT2D eigenvalue weighted by atomic mass is 10.0. The second kappa shape index (κ2) is 7.44. The number of nitrogens with one attached hydrogen (secondary N) is 1. The first kappa shape index (κ1) is 16.4. The smallest absolute Gasteiger partial charge is 0.271 e. The Kier molecular flexibility index (Phi) is 5.10. The van der Waals surface area contributed by atoms with Crippen molar-refractivity contribution in [1.29, 1.82) is 0 Å². The minimum absolute atomic E-state index is 0.0145. The highest BCUT2D eigenvalue weighted by atomic mass is 32.1. The molecule has 1 aliphatic heterocycles. The number of hydrogen-bond donors (Lipinski definition) is 2. The summed E-state index contributed by atoms with van der Waals surface area (Å²) in [6.07, 6.45) is 5.89. The number of thiol groups is 1. The van der Waals surface area contributed by atoms with E-state index in [-0.39, 0.29) is 17.9 Å². The Bertz CT molecular complexity index is 730. The third-order valence-electron chi connectivity index (χ3n) is 4.05. The number of piperidine rings is 1. The van der Waals surface area contributed by atoms with E-state index in [9.17, 15) is 9.59 Å². The molecule has 1 N–H and O–H groups in total. The molecule has 1 saturated heterocycles. The molecule has 0 bridgehead atoms. The van der Waals surface area contributed by atoms with E-state index >= 15 is 0 Å². The van der Waals surface area contributed by atoms with Crippen LogP contribution in [-0.4, -0.2) is 45.8 Å². The van der Waals surface area contributed by atoms with Gasteiger partial charge in [0.05, 0.1) is 11.8 Å². The lowest BCUT2D eigenvalue weighted by molar-refractivity contribution is 0.0694. The van der Waals surface area contributed by atoms with Crippen LogP contribution in [0.5, 0.6) is 0 Å². The van der Waals surface area contributed by atoms with Gasteiger partial charge in [-0.2, -0.15) is 0 Å². The van der Waals surface area contributed by atoms with E-state index in [0.29, 0.717) is 42.1 Å². The van der Waals surface area contributed by atoms with Crippen LogP contribution in [-0.2, 0) is 0 Å². The molecule has 7 heteroatoms. The van der Waals surface area contributed by atoms with Gasteiger partial charge in [0, 0.05) is 36.4 Å². The molecule has 2 heterocycles. The molecule has 0 unspecified atom stereocenters. The lowest BCUT2D eigenvalue weighted by Gasteiger charge is -2.32. The van der Waals surface area contributed by atoms with Crippen molar-refractivity contribution in [2.24, 2.45) is 0 Å². The van der Waals surface area contributed by atoms with Crippen molar-refractivity contribution in [3.05, 3.63) is 54.1 Å². The number of aromatic nitrogens is 2. The molecule has 2 amide bonds. The first-order chi connectivity index (χ1) is 11.6. The predicted molar refractivity (Wildman–Crippen MR) is 92.1 cm³/mol. The summed E-state index contributed by atoms with van der Waals surface area (Å²) in [7, 11) is 0. The summed E-state index contributed by atoms with van der Waals surface area (Å²) in [5.41, 5.74) is 0.919. The maximum absolute atomic E-state index is 12.5. The van der Waals surface area contributed by atoms with Crippen LogP contribution in [0.15, 0.2) is 47.8 Å². The average molecular weight is 342 g/mol. The molecular weight excluding hydrogens is 324 g/mol. The van der Waals surface area contributed by atoms with Gasteiger partial charge < -0.3 is 10.2 Å². The summed E-state index contributed by atoms with van der Waals surface area (Å²) in [6, 6.07) is 7.32. The minimum atomic E-state index is -0.228. The Balaban J connectivity index is 1.55. The minimum Gasteiger partial charge on any atom is -0.348 e. The van der Waals surface area contributed by atoms with E-state index in [0.717, 1.165) is 0 Å². The fourth-order valence-electron chi connectivity index (χ4n) is 2.73. The Hall–Kier alpha value is -2.41. The van der Waals surface area contributed by atoms with Crippen molar-refractivity contribution in [3.63, 3.8) is 0 Å². The maximum atomic E-state index is 12.5. The van der Waals surface area contributed by atoms with Crippen molar-refractivity contribution in [1.82, 2.24) is 20.2 Å². The van der Waals surface area contributed by atoms with E-state index in [1.54, 1.807) is 11.0 Å². The number of carbonyl (C=O) groups is 2. The molecule has 0 aliphatic carbocycles. The first-order valence-corrected chi connectivity index (χ1v) is 8.24. The van der Waals surface area contributed by atoms with E-state index < -0.39 is 0 Å². The highest BCUT2D eigenvalue weighted by Crippen LogP contribution is 2.19. The molecule has 0 atom stereocenters. The van der Waals surface area contributed by atoms with Crippen LogP contribution in [0.25, 0.3) is 0 Å². The Morgan fingerprint density at radius 1 is 1.17 bits per heavy atom. The molecule has 0 saturated carbocycles. The Morgan fingerprint density at radius 3 is 2.58 bits per heavy atom. The zero-order valence-corrected chi connectivity index (χ0v) is 13.9. The molecule has 3 rings (SSSR count). The van der Waals surface area contributed by atoms with Gasteiger partial charge in [-0.25, -0.2) is 4.98 Å². The van der Waals surface area contributed by atoms with E-state index in [1.807, 2.05) is 18.2 Å². The van der Waals surface area contributed by atoms with Crippen molar-refractivity contribution in [2.45, 2.75) is 23.8 Å². The molecule has 0 spiro atoms. The van der Waals surface area contributed by atoms with Crippen molar-refractivity contribution in [2.75, 3.05) is 13.1 Å². The lowest BCUT2D eigenvalue weighted by Crippen LogP contribution is -2.46. The van der Waals surface area contributed by atoms with Crippen LogP contribution in [0.4, 0.5) is 0 Å². The van der Waals surface area contributed by atoms with E-state index in [2.05, 4.69) is 27.9 Å². The molecule has 2 aromatic rings. The molecular formula is C17H18N4O2S. The molecule has 0 radical (unpaired) electrons. The van der Waals surface area contributed by atoms with Gasteiger partial charge in [0.25, 0.3) is 11.8 Å². The van der Waals surface area contributed by atoms with Gasteiger partial charge in [-0.05, 0) is 25.0 Å². The summed E-state index contributed by atoms with van der Waals surface area (Å²) in [6.45, 7) is 1.21. The number of rotatable bonds is 3. The van der Waals surface area contributed by atoms with Crippen molar-refractivity contribution < 1.29 is 9.59 Å². The molecule has 124 valence electrons. The second-order valence-corrected chi connectivity index (χ2v) is 6.13. The van der Waals surface area contributed by atoms with E-state index in [4.69, 9.17) is 0 Å². The fraction of sp³-hybridized carbons (Fsp3) is 0.294. The van der Waals surface area contributed by atoms with Gasteiger partial charge in [0.2, 0.25) is 0 Å². The normalized spacial score (nSPS) is 15.1. The van der Waals surface area contributed by atoms with Crippen LogP contribution in [0, 0.1) is 0 Å². The molecule has 1 aromatic carbocycles. The standard InChI is InChI=1S/C17H18N4O2S/c22-16(14-11-18-7-8-19-14)20-12-5-9-21(10-6-12)17(23)13-3-1-2-4-15(13)24/h1-4,7-8,11-12,24H,5-6,9-10H2,(H,20,22). The highest BCUT2D eigenvalue weighted by molar-refractivity contribution is 7.80. The summed E-state index contributed by atoms with van der Waals surface area (Å²) < 4.78 is 0. The van der Waals surface area contributed by atoms with Gasteiger partial charge in [0.1, 0.15) is 5.69 Å². The third-order valence-corrected chi connectivity index (χ3v) is 4.44. The zero-order valence-electron chi connectivity index (χ0n) is 13.1. The predicted octanol–water partition coefficient (Wildman–Crippen LogP) is 1.80. The van der Waals surface area contributed by atoms with Crippen LogP contribution in [0.1, 0.15) is 33.7 Å². The van der Waals surface area contributed by atoms with Crippen LogP contribution in [0.3, 0.4) is 0 Å². The van der Waals surface area contributed by atoms with Gasteiger partial charge in [-0.15, -0.1) is 12.6 Å². The summed E-state index contributed by atoms with van der Waals surface area (Å²) in [5, 5.41) is 2.95. The molecule has 24 heavy (non-hydrogen) atoms. The summed E-state index contributed by atoms with van der Waals surface area (Å²) in [4.78, 5) is 35.0. The largest absolute Gasteiger partial charge is 0.348 e. The number of likely N-dealkylation sites (tertiary alicyclic amines) is 1.